The maximum Gasteiger partial charge on any atom is 0.330 e. The minimum Gasteiger partial charge on any atom is -0.466 e. The van der Waals surface area contributed by atoms with Crippen molar-refractivity contribution in [1.29, 1.82) is 0 Å². The Balaban J connectivity index is 1.47. The molecule has 198 valence electrons. The first-order chi connectivity index (χ1) is 19.0. The number of esters is 1. The van der Waals surface area contributed by atoms with Crippen LogP contribution in [0.5, 0.6) is 0 Å². The number of aromatic nitrogens is 1. The molecule has 3 aromatic rings. The number of benzene rings is 2. The lowest BCUT2D eigenvalue weighted by Crippen LogP contribution is -2.45. The molecule has 5 rings (SSSR count). The zero-order chi connectivity index (χ0) is 27.2. The first-order valence-corrected chi connectivity index (χ1v) is 12.8. The summed E-state index contributed by atoms with van der Waals surface area (Å²) in [6.45, 7) is 0. The highest BCUT2D eigenvalue weighted by Crippen LogP contribution is 2.27. The molecule has 1 amide bonds. The number of para-hydroxylation sites is 1. The van der Waals surface area contributed by atoms with Gasteiger partial charge in [-0.15, -0.1) is 0 Å². The lowest BCUT2D eigenvalue weighted by atomic mass is 9.98. The van der Waals surface area contributed by atoms with Gasteiger partial charge in [-0.2, -0.15) is 0 Å². The molecule has 39 heavy (non-hydrogen) atoms. The molecule has 9 heteroatoms. The standard InChI is InChI=1S/C30H25ClN2O6/c31-22-12-10-20(11-13-22)29(35)33-25(16-21-17-27(34)32-24-9-5-4-8-23(21)24)30(36)39-28(19-6-2-1-3-7-19)26-18-37-14-15-38-26/h1-2,4-6,8-15,17-18,25,28H,3,7,16H2,(H,32,34)(H,33,35). The van der Waals surface area contributed by atoms with Crippen LogP contribution in [0.15, 0.2) is 108 Å². The topological polar surface area (TPSA) is 107 Å². The van der Waals surface area contributed by atoms with Gasteiger partial charge in [-0.3, -0.25) is 9.59 Å². The molecule has 2 unspecified atom stereocenters. The molecule has 0 radical (unpaired) electrons. The quantitative estimate of drug-likeness (QED) is 0.383. The molecule has 0 fully saturated rings. The maximum absolute atomic E-state index is 13.8. The first-order valence-electron chi connectivity index (χ1n) is 12.4. The van der Waals surface area contributed by atoms with E-state index in [9.17, 15) is 14.4 Å². The number of pyridine rings is 1. The number of amides is 1. The van der Waals surface area contributed by atoms with E-state index >= 15 is 0 Å². The summed E-state index contributed by atoms with van der Waals surface area (Å²) in [4.78, 5) is 42.1. The van der Waals surface area contributed by atoms with E-state index in [1.807, 2.05) is 36.4 Å². The Hall–Kier alpha value is -4.56. The second kappa shape index (κ2) is 11.9. The number of carbonyl (C=O) groups is 2. The van der Waals surface area contributed by atoms with E-state index in [4.69, 9.17) is 25.8 Å². The number of H-pyrrole nitrogens is 1. The van der Waals surface area contributed by atoms with E-state index in [1.54, 1.807) is 30.3 Å². The number of nitrogens with one attached hydrogen (secondary N) is 2. The van der Waals surface area contributed by atoms with Crippen LogP contribution >= 0.6 is 11.6 Å². The van der Waals surface area contributed by atoms with Gasteiger partial charge < -0.3 is 24.5 Å². The largest absolute Gasteiger partial charge is 0.466 e. The summed E-state index contributed by atoms with van der Waals surface area (Å²) in [6, 6.07) is 13.9. The van der Waals surface area contributed by atoms with Crippen molar-refractivity contribution in [3.8, 4) is 0 Å². The number of aromatic amines is 1. The van der Waals surface area contributed by atoms with E-state index in [1.165, 1.54) is 24.9 Å². The van der Waals surface area contributed by atoms with Crippen molar-refractivity contribution in [2.45, 2.75) is 31.4 Å². The van der Waals surface area contributed by atoms with Gasteiger partial charge in [0.1, 0.15) is 24.8 Å². The van der Waals surface area contributed by atoms with Gasteiger partial charge in [0.05, 0.1) is 0 Å². The van der Waals surface area contributed by atoms with E-state index in [0.29, 0.717) is 33.8 Å². The molecule has 2 heterocycles. The fraction of sp³-hybridized carbons (Fsp3) is 0.167. The molecule has 0 saturated carbocycles. The SMILES string of the molecule is O=C(NC(Cc1cc(=O)[nH]c2ccccc12)C(=O)OC(C1=CC=CCC1)C1=COC=CO1)c1ccc(Cl)cc1. The Labute approximate surface area is 229 Å². The number of hydrogen-bond donors (Lipinski definition) is 2. The van der Waals surface area contributed by atoms with E-state index in [2.05, 4.69) is 10.3 Å². The molecule has 2 atom stereocenters. The fourth-order valence-electron chi connectivity index (χ4n) is 4.45. The van der Waals surface area contributed by atoms with Crippen LogP contribution in [-0.2, 0) is 25.4 Å². The minimum atomic E-state index is -1.12. The van der Waals surface area contributed by atoms with Gasteiger partial charge in [0.2, 0.25) is 5.56 Å². The van der Waals surface area contributed by atoms with Crippen molar-refractivity contribution >= 4 is 34.4 Å². The molecule has 1 aliphatic heterocycles. The minimum absolute atomic E-state index is 0.0184. The van der Waals surface area contributed by atoms with Crippen LogP contribution in [0.3, 0.4) is 0 Å². The van der Waals surface area contributed by atoms with Gasteiger partial charge >= 0.3 is 5.97 Å². The van der Waals surface area contributed by atoms with Crippen molar-refractivity contribution in [3.05, 3.63) is 129 Å². The highest BCUT2D eigenvalue weighted by atomic mass is 35.5. The summed E-state index contributed by atoms with van der Waals surface area (Å²) in [5.41, 5.74) is 2.03. The molecular weight excluding hydrogens is 520 g/mol. The predicted molar refractivity (Wildman–Crippen MR) is 147 cm³/mol. The molecular formula is C30H25ClN2O6. The monoisotopic (exact) mass is 544 g/mol. The Morgan fingerprint density at radius 1 is 1.10 bits per heavy atom. The molecule has 0 bridgehead atoms. The zero-order valence-electron chi connectivity index (χ0n) is 20.8. The van der Waals surface area contributed by atoms with Crippen LogP contribution in [0.2, 0.25) is 5.02 Å². The summed E-state index contributed by atoms with van der Waals surface area (Å²) in [5.74, 6) is -0.878. The Morgan fingerprint density at radius 3 is 2.67 bits per heavy atom. The summed E-state index contributed by atoms with van der Waals surface area (Å²) in [7, 11) is 0. The molecule has 2 aromatic carbocycles. The van der Waals surface area contributed by atoms with E-state index in [-0.39, 0.29) is 12.0 Å². The van der Waals surface area contributed by atoms with Crippen LogP contribution in [-0.4, -0.2) is 29.0 Å². The van der Waals surface area contributed by atoms with Crippen molar-refractivity contribution < 1.29 is 23.8 Å². The third-order valence-electron chi connectivity index (χ3n) is 6.35. The number of hydrogen-bond acceptors (Lipinski definition) is 6. The number of allylic oxidation sites excluding steroid dienone is 3. The van der Waals surface area contributed by atoms with Gasteiger partial charge in [0.15, 0.2) is 11.9 Å². The van der Waals surface area contributed by atoms with Crippen molar-refractivity contribution in [2.75, 3.05) is 0 Å². The number of halogens is 1. The number of ether oxygens (including phenoxy) is 3. The molecule has 1 aromatic heterocycles. The molecule has 0 saturated heterocycles. The smallest absolute Gasteiger partial charge is 0.330 e. The highest BCUT2D eigenvalue weighted by Gasteiger charge is 2.32. The summed E-state index contributed by atoms with van der Waals surface area (Å²) >= 11 is 5.97. The van der Waals surface area contributed by atoms with Gasteiger partial charge in [0.25, 0.3) is 5.91 Å². The number of rotatable bonds is 8. The molecule has 8 nitrogen and oxygen atoms in total. The Bertz CT molecular complexity index is 1570. The second-order valence-corrected chi connectivity index (χ2v) is 9.45. The fourth-order valence-corrected chi connectivity index (χ4v) is 4.58. The lowest BCUT2D eigenvalue weighted by molar-refractivity contribution is -0.149. The Morgan fingerprint density at radius 2 is 1.92 bits per heavy atom. The van der Waals surface area contributed by atoms with Gasteiger partial charge in [-0.25, -0.2) is 4.79 Å². The lowest BCUT2D eigenvalue weighted by Gasteiger charge is -2.27. The Kier molecular flexibility index (Phi) is 7.94. The van der Waals surface area contributed by atoms with Crippen LogP contribution in [0.1, 0.15) is 28.8 Å². The van der Waals surface area contributed by atoms with Crippen molar-refractivity contribution in [2.24, 2.45) is 0 Å². The van der Waals surface area contributed by atoms with Crippen LogP contribution in [0, 0.1) is 0 Å². The summed E-state index contributed by atoms with van der Waals surface area (Å²) < 4.78 is 16.8. The van der Waals surface area contributed by atoms with E-state index < -0.39 is 24.0 Å². The summed E-state index contributed by atoms with van der Waals surface area (Å²) in [5, 5.41) is 4.02. The van der Waals surface area contributed by atoms with E-state index in [0.717, 1.165) is 17.4 Å². The van der Waals surface area contributed by atoms with Gasteiger partial charge in [-0.1, -0.05) is 48.0 Å². The number of fused-ring (bicyclic) bond motifs is 1. The first kappa shape index (κ1) is 26.1. The zero-order valence-corrected chi connectivity index (χ0v) is 21.5. The van der Waals surface area contributed by atoms with Crippen molar-refractivity contribution in [1.82, 2.24) is 10.3 Å². The molecule has 2 N–H and O–H groups in total. The number of carbonyl (C=O) groups excluding carboxylic acids is 2. The van der Waals surface area contributed by atoms with Crippen molar-refractivity contribution in [3.63, 3.8) is 0 Å². The van der Waals surface area contributed by atoms with Crippen LogP contribution < -0.4 is 10.9 Å². The average molecular weight is 545 g/mol. The molecule has 0 spiro atoms. The average Bonchev–Trinajstić information content (AvgIpc) is 2.96. The summed E-state index contributed by atoms with van der Waals surface area (Å²) in [6.07, 6.45) is 10.5. The van der Waals surface area contributed by atoms with Gasteiger partial charge in [-0.05, 0) is 54.3 Å². The molecule has 1 aliphatic carbocycles. The van der Waals surface area contributed by atoms with Crippen LogP contribution in [0.25, 0.3) is 10.9 Å². The maximum atomic E-state index is 13.8. The predicted octanol–water partition coefficient (Wildman–Crippen LogP) is 5.07. The third kappa shape index (κ3) is 6.30. The second-order valence-electron chi connectivity index (χ2n) is 9.01. The molecule has 2 aliphatic rings. The third-order valence-corrected chi connectivity index (χ3v) is 6.61. The highest BCUT2D eigenvalue weighted by molar-refractivity contribution is 6.30. The normalized spacial score (nSPS) is 15.8. The van der Waals surface area contributed by atoms with Crippen LogP contribution in [0.4, 0.5) is 0 Å². The van der Waals surface area contributed by atoms with Gasteiger partial charge in [0, 0.05) is 34.0 Å².